The molecule has 1 aromatic heterocycles. The van der Waals surface area contributed by atoms with Crippen LogP contribution in [-0.2, 0) is 6.42 Å². The second-order valence-corrected chi connectivity index (χ2v) is 8.06. The first kappa shape index (κ1) is 17.4. The summed E-state index contributed by atoms with van der Waals surface area (Å²) in [5.74, 6) is 0. The van der Waals surface area contributed by atoms with E-state index in [1.807, 2.05) is 36.5 Å². The molecule has 134 valence electrons. The fourth-order valence-corrected chi connectivity index (χ4v) is 4.23. The first-order valence-electron chi connectivity index (χ1n) is 8.42. The van der Waals surface area contributed by atoms with Crippen LogP contribution in [0.15, 0.2) is 54.9 Å². The Morgan fingerprint density at radius 1 is 1.23 bits per heavy atom. The molecule has 1 aliphatic rings. The second-order valence-electron chi connectivity index (χ2n) is 6.46. The van der Waals surface area contributed by atoms with Crippen LogP contribution in [0.25, 0.3) is 15.8 Å². The maximum absolute atomic E-state index is 6.35. The van der Waals surface area contributed by atoms with E-state index < -0.39 is 0 Å². The lowest BCUT2D eigenvalue weighted by atomic mass is 10.1. The smallest absolute Gasteiger partial charge is 0.130 e. The van der Waals surface area contributed by atoms with E-state index in [-0.39, 0.29) is 11.5 Å². The van der Waals surface area contributed by atoms with Gasteiger partial charge in [0.15, 0.2) is 0 Å². The highest BCUT2D eigenvalue weighted by atomic mass is 35.5. The number of aromatic amines is 1. The predicted octanol–water partition coefficient (Wildman–Crippen LogP) is 3.38. The molecule has 3 aromatic rings. The lowest BCUT2D eigenvalue weighted by molar-refractivity contribution is 0.338. The summed E-state index contributed by atoms with van der Waals surface area (Å²) < 4.78 is 0. The SMILES string of the molecule is NC1SC(c2ccc3[nH]ncc3c2)=CN1C[C@H](N)Cc1ccc(Cl)cc1. The van der Waals surface area contributed by atoms with Gasteiger partial charge in [0.05, 0.1) is 11.7 Å². The summed E-state index contributed by atoms with van der Waals surface area (Å²) in [6, 6.07) is 14.1. The number of rotatable bonds is 5. The Labute approximate surface area is 161 Å². The molecule has 0 aliphatic carbocycles. The first-order valence-corrected chi connectivity index (χ1v) is 9.67. The Bertz CT molecular complexity index is 937. The van der Waals surface area contributed by atoms with Crippen molar-refractivity contribution in [2.75, 3.05) is 6.54 Å². The molecule has 2 heterocycles. The summed E-state index contributed by atoms with van der Waals surface area (Å²) in [4.78, 5) is 3.26. The van der Waals surface area contributed by atoms with Gasteiger partial charge in [-0.05, 0) is 41.8 Å². The number of aromatic nitrogens is 2. The zero-order valence-electron chi connectivity index (χ0n) is 14.1. The molecule has 4 rings (SSSR count). The Kier molecular flexibility index (Phi) is 4.91. The Hall–Kier alpha value is -1.99. The third-order valence-corrected chi connectivity index (χ3v) is 5.80. The highest BCUT2D eigenvalue weighted by Crippen LogP contribution is 2.38. The van der Waals surface area contributed by atoms with Crippen molar-refractivity contribution >= 4 is 39.2 Å². The molecule has 0 saturated heterocycles. The Morgan fingerprint density at radius 2 is 2.04 bits per heavy atom. The molecule has 0 saturated carbocycles. The minimum absolute atomic E-state index is 0.00483. The minimum atomic E-state index is -0.124. The number of nitrogens with zero attached hydrogens (tertiary/aromatic N) is 2. The molecule has 7 heteroatoms. The van der Waals surface area contributed by atoms with Crippen molar-refractivity contribution in [1.82, 2.24) is 15.1 Å². The highest BCUT2D eigenvalue weighted by molar-refractivity contribution is 8.09. The number of halogens is 1. The molecule has 0 bridgehead atoms. The van der Waals surface area contributed by atoms with Crippen molar-refractivity contribution in [1.29, 1.82) is 0 Å². The molecular formula is C19H20ClN5S. The van der Waals surface area contributed by atoms with Crippen molar-refractivity contribution < 1.29 is 0 Å². The summed E-state index contributed by atoms with van der Waals surface area (Å²) in [7, 11) is 0. The molecule has 1 aliphatic heterocycles. The van der Waals surface area contributed by atoms with Crippen molar-refractivity contribution in [2.24, 2.45) is 11.5 Å². The number of nitrogens with two attached hydrogens (primary N) is 2. The van der Waals surface area contributed by atoms with E-state index in [1.54, 1.807) is 11.8 Å². The standard InChI is InChI=1S/C19H20ClN5S/c20-15-4-1-12(2-5-15)7-16(21)10-25-11-18(26-19(25)22)13-3-6-17-14(8-13)9-23-24-17/h1-6,8-9,11,16,19H,7,10,21-22H2,(H,23,24)/t16-,19?/m1/s1. The van der Waals surface area contributed by atoms with Gasteiger partial charge in [-0.3, -0.25) is 5.10 Å². The van der Waals surface area contributed by atoms with Crippen molar-refractivity contribution in [3.8, 4) is 0 Å². The minimum Gasteiger partial charge on any atom is -0.351 e. The Balaban J connectivity index is 1.45. The number of hydrogen-bond donors (Lipinski definition) is 3. The van der Waals surface area contributed by atoms with Crippen molar-refractivity contribution in [3.05, 3.63) is 71.0 Å². The number of H-pyrrole nitrogens is 1. The number of benzene rings is 2. The zero-order valence-corrected chi connectivity index (χ0v) is 15.7. The lowest BCUT2D eigenvalue weighted by Gasteiger charge is -2.24. The average molecular weight is 386 g/mol. The van der Waals surface area contributed by atoms with Crippen LogP contribution in [0.5, 0.6) is 0 Å². The van der Waals surface area contributed by atoms with Gasteiger partial charge in [0.25, 0.3) is 0 Å². The van der Waals surface area contributed by atoms with Crippen LogP contribution >= 0.6 is 23.4 Å². The number of nitrogens with one attached hydrogen (secondary N) is 1. The third-order valence-electron chi connectivity index (χ3n) is 4.44. The first-order chi connectivity index (χ1) is 12.6. The van der Waals surface area contributed by atoms with Crippen molar-refractivity contribution in [3.63, 3.8) is 0 Å². The monoisotopic (exact) mass is 385 g/mol. The zero-order chi connectivity index (χ0) is 18.1. The normalized spacial score (nSPS) is 18.3. The second kappa shape index (κ2) is 7.32. The van der Waals surface area contributed by atoms with Crippen LogP contribution < -0.4 is 11.5 Å². The average Bonchev–Trinajstić information content (AvgIpc) is 3.23. The molecule has 0 spiro atoms. The van der Waals surface area contributed by atoms with Gasteiger partial charge < -0.3 is 16.4 Å². The van der Waals surface area contributed by atoms with Crippen LogP contribution in [0.4, 0.5) is 0 Å². The molecule has 0 radical (unpaired) electrons. The van der Waals surface area contributed by atoms with Gasteiger partial charge in [-0.2, -0.15) is 5.10 Å². The largest absolute Gasteiger partial charge is 0.351 e. The summed E-state index contributed by atoms with van der Waals surface area (Å²) >= 11 is 7.59. The van der Waals surface area contributed by atoms with Gasteiger partial charge in [-0.25, -0.2) is 0 Å². The summed E-state index contributed by atoms with van der Waals surface area (Å²) in [6.45, 7) is 0.703. The fraction of sp³-hybridized carbons (Fsp3) is 0.211. The molecule has 5 nitrogen and oxygen atoms in total. The van der Waals surface area contributed by atoms with Gasteiger partial charge in [-0.15, -0.1) is 0 Å². The summed E-state index contributed by atoms with van der Waals surface area (Å²) in [5, 5.41) is 8.88. The topological polar surface area (TPSA) is 84.0 Å². The van der Waals surface area contributed by atoms with Gasteiger partial charge in [0.2, 0.25) is 0 Å². The van der Waals surface area contributed by atoms with E-state index in [1.165, 1.54) is 5.56 Å². The van der Waals surface area contributed by atoms with Crippen LogP contribution in [0, 0.1) is 0 Å². The molecule has 0 amide bonds. The van der Waals surface area contributed by atoms with Gasteiger partial charge in [-0.1, -0.05) is 41.6 Å². The summed E-state index contributed by atoms with van der Waals surface area (Å²) in [5.41, 5.74) is 15.9. The van der Waals surface area contributed by atoms with E-state index in [0.29, 0.717) is 6.54 Å². The van der Waals surface area contributed by atoms with Crippen LogP contribution in [0.2, 0.25) is 5.02 Å². The molecule has 26 heavy (non-hydrogen) atoms. The van der Waals surface area contributed by atoms with Gasteiger partial charge in [0.1, 0.15) is 5.50 Å². The molecule has 2 atom stereocenters. The maximum atomic E-state index is 6.35. The molecule has 5 N–H and O–H groups in total. The van der Waals surface area contributed by atoms with Crippen molar-refractivity contribution in [2.45, 2.75) is 18.0 Å². The molecule has 2 aromatic carbocycles. The Morgan fingerprint density at radius 3 is 2.85 bits per heavy atom. The van der Waals surface area contributed by atoms with E-state index in [9.17, 15) is 0 Å². The quantitative estimate of drug-likeness (QED) is 0.627. The number of fused-ring (bicyclic) bond motifs is 1. The summed E-state index contributed by atoms with van der Waals surface area (Å²) in [6.07, 6.45) is 4.73. The predicted molar refractivity (Wildman–Crippen MR) is 109 cm³/mol. The van der Waals surface area contributed by atoms with Gasteiger partial charge >= 0.3 is 0 Å². The van der Waals surface area contributed by atoms with E-state index >= 15 is 0 Å². The van der Waals surface area contributed by atoms with Gasteiger partial charge in [0, 0.05) is 34.1 Å². The van der Waals surface area contributed by atoms with E-state index in [0.717, 1.165) is 32.8 Å². The van der Waals surface area contributed by atoms with E-state index in [2.05, 4.69) is 33.4 Å². The molecule has 1 unspecified atom stereocenters. The fourth-order valence-electron chi connectivity index (χ4n) is 3.11. The lowest BCUT2D eigenvalue weighted by Crippen LogP contribution is -2.42. The van der Waals surface area contributed by atoms with Crippen LogP contribution in [-0.4, -0.2) is 33.2 Å². The number of thioether (sulfide) groups is 1. The molecule has 0 fully saturated rings. The highest BCUT2D eigenvalue weighted by Gasteiger charge is 2.24. The van der Waals surface area contributed by atoms with Crippen LogP contribution in [0.3, 0.4) is 0 Å². The van der Waals surface area contributed by atoms with Crippen LogP contribution in [0.1, 0.15) is 11.1 Å². The number of hydrogen-bond acceptors (Lipinski definition) is 5. The third kappa shape index (κ3) is 3.73. The van der Waals surface area contributed by atoms with E-state index in [4.69, 9.17) is 23.1 Å². The maximum Gasteiger partial charge on any atom is 0.130 e. The molecular weight excluding hydrogens is 366 g/mol.